The summed E-state index contributed by atoms with van der Waals surface area (Å²) in [5, 5.41) is 3.52. The second-order valence-corrected chi connectivity index (χ2v) is 5.92. The number of halogens is 1. The van der Waals surface area contributed by atoms with Gasteiger partial charge < -0.3 is 10.2 Å². The predicted molar refractivity (Wildman–Crippen MR) is 73.2 cm³/mol. The SMILES string of the molecule is Brc1cnccc1N1CC[C@@H]2CNC[C@@H]2CC1. The summed E-state index contributed by atoms with van der Waals surface area (Å²) in [5.74, 6) is 1.78. The van der Waals surface area contributed by atoms with Crippen LogP contribution in [0.2, 0.25) is 0 Å². The van der Waals surface area contributed by atoms with Gasteiger partial charge in [-0.15, -0.1) is 0 Å². The van der Waals surface area contributed by atoms with E-state index in [1.807, 2.05) is 12.4 Å². The third-order valence-corrected chi connectivity index (χ3v) is 4.72. The second kappa shape index (κ2) is 4.94. The van der Waals surface area contributed by atoms with E-state index in [0.29, 0.717) is 0 Å². The topological polar surface area (TPSA) is 28.2 Å². The van der Waals surface area contributed by atoms with Gasteiger partial charge in [0.05, 0.1) is 10.2 Å². The summed E-state index contributed by atoms with van der Waals surface area (Å²) in [6, 6.07) is 2.11. The van der Waals surface area contributed by atoms with E-state index in [0.717, 1.165) is 16.3 Å². The standard InChI is InChI=1S/C13H18BrN3/c14-12-9-15-4-1-13(12)17-5-2-10-7-16-8-11(10)3-6-17/h1,4,9-11,16H,2-3,5-8H2/t10-,11+. The zero-order valence-electron chi connectivity index (χ0n) is 9.90. The number of anilines is 1. The fourth-order valence-electron chi connectivity index (χ4n) is 3.08. The first-order valence-corrected chi connectivity index (χ1v) is 7.19. The molecule has 1 N–H and O–H groups in total. The van der Waals surface area contributed by atoms with E-state index in [9.17, 15) is 0 Å². The van der Waals surface area contributed by atoms with Gasteiger partial charge in [-0.1, -0.05) is 0 Å². The normalized spacial score (nSPS) is 28.9. The highest BCUT2D eigenvalue weighted by Crippen LogP contribution is 2.32. The van der Waals surface area contributed by atoms with Crippen LogP contribution in [0, 0.1) is 11.8 Å². The number of nitrogens with zero attached hydrogens (tertiary/aromatic N) is 2. The number of aromatic nitrogens is 1. The van der Waals surface area contributed by atoms with E-state index >= 15 is 0 Å². The Bertz CT molecular complexity index is 382. The summed E-state index contributed by atoms with van der Waals surface area (Å²) in [5.41, 5.74) is 1.30. The van der Waals surface area contributed by atoms with Crippen molar-refractivity contribution in [3.05, 3.63) is 22.9 Å². The molecule has 0 saturated carbocycles. The molecule has 0 radical (unpaired) electrons. The third-order valence-electron chi connectivity index (χ3n) is 4.11. The van der Waals surface area contributed by atoms with Gasteiger partial charge in [0.1, 0.15) is 0 Å². The summed E-state index contributed by atoms with van der Waals surface area (Å²) in [4.78, 5) is 6.64. The van der Waals surface area contributed by atoms with Gasteiger partial charge in [-0.3, -0.25) is 4.98 Å². The minimum atomic E-state index is 0.889. The molecule has 0 amide bonds. The Kier molecular flexibility index (Phi) is 3.34. The third kappa shape index (κ3) is 2.33. The van der Waals surface area contributed by atoms with Gasteiger partial charge in [0.15, 0.2) is 0 Å². The van der Waals surface area contributed by atoms with E-state index < -0.39 is 0 Å². The molecule has 2 saturated heterocycles. The molecule has 0 spiro atoms. The number of hydrogen-bond donors (Lipinski definition) is 1. The van der Waals surface area contributed by atoms with Crippen molar-refractivity contribution < 1.29 is 0 Å². The van der Waals surface area contributed by atoms with Crippen LogP contribution in [-0.4, -0.2) is 31.2 Å². The molecule has 2 atom stereocenters. The van der Waals surface area contributed by atoms with Crippen molar-refractivity contribution in [2.24, 2.45) is 11.8 Å². The van der Waals surface area contributed by atoms with Crippen LogP contribution in [0.15, 0.2) is 22.9 Å². The van der Waals surface area contributed by atoms with E-state index in [2.05, 4.69) is 37.2 Å². The molecule has 0 unspecified atom stereocenters. The molecule has 1 aromatic heterocycles. The second-order valence-electron chi connectivity index (χ2n) is 5.07. The van der Waals surface area contributed by atoms with Crippen molar-refractivity contribution in [1.29, 1.82) is 0 Å². The smallest absolute Gasteiger partial charge is 0.0592 e. The molecule has 2 aliphatic rings. The molecule has 92 valence electrons. The minimum Gasteiger partial charge on any atom is -0.371 e. The Morgan fingerprint density at radius 1 is 1.24 bits per heavy atom. The number of hydrogen-bond acceptors (Lipinski definition) is 3. The lowest BCUT2D eigenvalue weighted by molar-refractivity contribution is 0.409. The van der Waals surface area contributed by atoms with Gasteiger partial charge in [0, 0.05) is 25.5 Å². The highest BCUT2D eigenvalue weighted by atomic mass is 79.9. The highest BCUT2D eigenvalue weighted by molar-refractivity contribution is 9.10. The maximum Gasteiger partial charge on any atom is 0.0592 e. The lowest BCUT2D eigenvalue weighted by Gasteiger charge is -2.24. The first-order chi connectivity index (χ1) is 8.34. The zero-order chi connectivity index (χ0) is 11.7. The number of rotatable bonds is 1. The average Bonchev–Trinajstić information content (AvgIpc) is 2.70. The van der Waals surface area contributed by atoms with Crippen LogP contribution in [0.3, 0.4) is 0 Å². The Morgan fingerprint density at radius 2 is 1.94 bits per heavy atom. The average molecular weight is 296 g/mol. The molecule has 2 aliphatic heterocycles. The molecule has 0 bridgehead atoms. The van der Waals surface area contributed by atoms with Crippen LogP contribution >= 0.6 is 15.9 Å². The molecular weight excluding hydrogens is 278 g/mol. The van der Waals surface area contributed by atoms with Gasteiger partial charge in [-0.2, -0.15) is 0 Å². The maximum atomic E-state index is 4.14. The van der Waals surface area contributed by atoms with E-state index in [4.69, 9.17) is 0 Å². The fraction of sp³-hybridized carbons (Fsp3) is 0.615. The number of fused-ring (bicyclic) bond motifs is 1. The van der Waals surface area contributed by atoms with Crippen LogP contribution in [0.25, 0.3) is 0 Å². The predicted octanol–water partition coefficient (Wildman–Crippen LogP) is 2.28. The van der Waals surface area contributed by atoms with Crippen molar-refractivity contribution in [2.75, 3.05) is 31.1 Å². The fourth-order valence-corrected chi connectivity index (χ4v) is 3.58. The van der Waals surface area contributed by atoms with Crippen molar-refractivity contribution in [3.63, 3.8) is 0 Å². The lowest BCUT2D eigenvalue weighted by atomic mass is 9.92. The van der Waals surface area contributed by atoms with Crippen molar-refractivity contribution >= 4 is 21.6 Å². The summed E-state index contributed by atoms with van der Waals surface area (Å²) >= 11 is 3.60. The largest absolute Gasteiger partial charge is 0.371 e. The first-order valence-electron chi connectivity index (χ1n) is 6.40. The molecule has 1 aromatic rings. The van der Waals surface area contributed by atoms with Gasteiger partial charge in [-0.05, 0) is 59.8 Å². The number of pyridine rings is 1. The molecule has 3 heterocycles. The van der Waals surface area contributed by atoms with Crippen LogP contribution in [0.1, 0.15) is 12.8 Å². The molecule has 2 fully saturated rings. The van der Waals surface area contributed by atoms with Crippen LogP contribution in [0.5, 0.6) is 0 Å². The van der Waals surface area contributed by atoms with Crippen molar-refractivity contribution in [2.45, 2.75) is 12.8 Å². The van der Waals surface area contributed by atoms with Crippen LogP contribution < -0.4 is 10.2 Å². The Hall–Kier alpha value is -0.610. The summed E-state index contributed by atoms with van der Waals surface area (Å²) in [6.45, 7) is 4.78. The van der Waals surface area contributed by atoms with Crippen molar-refractivity contribution in [1.82, 2.24) is 10.3 Å². The zero-order valence-corrected chi connectivity index (χ0v) is 11.5. The van der Waals surface area contributed by atoms with Gasteiger partial charge in [0.25, 0.3) is 0 Å². The summed E-state index contributed by atoms with van der Waals surface area (Å²) in [7, 11) is 0. The summed E-state index contributed by atoms with van der Waals surface area (Å²) < 4.78 is 1.12. The molecular formula is C13H18BrN3. The highest BCUT2D eigenvalue weighted by Gasteiger charge is 2.30. The summed E-state index contributed by atoms with van der Waals surface area (Å²) in [6.07, 6.45) is 6.40. The van der Waals surface area contributed by atoms with Gasteiger partial charge >= 0.3 is 0 Å². The van der Waals surface area contributed by atoms with E-state index in [-0.39, 0.29) is 0 Å². The first kappa shape index (κ1) is 11.5. The quantitative estimate of drug-likeness (QED) is 0.862. The molecule has 0 aromatic carbocycles. The van der Waals surface area contributed by atoms with E-state index in [1.54, 1.807) is 0 Å². The van der Waals surface area contributed by atoms with Gasteiger partial charge in [0.2, 0.25) is 0 Å². The molecule has 4 heteroatoms. The van der Waals surface area contributed by atoms with Crippen LogP contribution in [0.4, 0.5) is 5.69 Å². The van der Waals surface area contributed by atoms with Crippen LogP contribution in [-0.2, 0) is 0 Å². The maximum absolute atomic E-state index is 4.14. The van der Waals surface area contributed by atoms with Gasteiger partial charge in [-0.25, -0.2) is 0 Å². The lowest BCUT2D eigenvalue weighted by Crippen LogP contribution is -2.26. The Morgan fingerprint density at radius 3 is 2.59 bits per heavy atom. The Labute approximate surface area is 111 Å². The Balaban J connectivity index is 1.75. The van der Waals surface area contributed by atoms with Crippen molar-refractivity contribution in [3.8, 4) is 0 Å². The molecule has 0 aliphatic carbocycles. The number of nitrogens with one attached hydrogen (secondary N) is 1. The molecule has 3 rings (SSSR count). The molecule has 3 nitrogen and oxygen atoms in total. The monoisotopic (exact) mass is 295 g/mol. The van der Waals surface area contributed by atoms with E-state index in [1.165, 1.54) is 44.7 Å². The minimum absolute atomic E-state index is 0.889. The molecule has 17 heavy (non-hydrogen) atoms.